The molecule has 14 saturated carbocycles. The molecule has 16 unspecified atom stereocenters. The van der Waals surface area contributed by atoms with Gasteiger partial charge in [-0.1, -0.05) is 182 Å². The van der Waals surface area contributed by atoms with Crippen molar-refractivity contribution in [2.45, 2.75) is 374 Å². The summed E-state index contributed by atoms with van der Waals surface area (Å²) in [6.07, 6.45) is 78.0. The summed E-state index contributed by atoms with van der Waals surface area (Å²) in [7, 11) is 0. The van der Waals surface area contributed by atoms with E-state index in [0.29, 0.717) is 0 Å². The Hall–Kier alpha value is -0.600. The van der Waals surface area contributed by atoms with Crippen molar-refractivity contribution in [1.29, 1.82) is 0 Å². The van der Waals surface area contributed by atoms with Gasteiger partial charge in [-0.25, -0.2) is 0 Å². The third kappa shape index (κ3) is 13.3. The molecule has 2 nitrogen and oxygen atoms in total. The molecule has 0 amide bonds. The summed E-state index contributed by atoms with van der Waals surface area (Å²) in [6, 6.07) is 5.16. The third-order valence-corrected chi connectivity index (χ3v) is 32.9. The van der Waals surface area contributed by atoms with Crippen molar-refractivity contribution in [3.05, 3.63) is 24.3 Å². The molecule has 0 aromatic carbocycles. The molecule has 0 N–H and O–H groups in total. The van der Waals surface area contributed by atoms with Crippen LogP contribution in [0.5, 0.6) is 0 Å². The Labute approximate surface area is 559 Å². The van der Waals surface area contributed by atoms with E-state index < -0.39 is 0 Å². The molecule has 14 fully saturated rings. The molecular formula is C88H148N2. The van der Waals surface area contributed by atoms with Crippen molar-refractivity contribution in [1.82, 2.24) is 9.80 Å². The average molecular weight is 1230 g/mol. The smallest absolute Gasteiger partial charge is 0.0164 e. The normalized spacial score (nSPS) is 50.1. The highest BCUT2D eigenvalue weighted by atomic mass is 15.3. The van der Waals surface area contributed by atoms with Gasteiger partial charge in [-0.15, -0.1) is 0 Å². The molecule has 0 bridgehead atoms. The van der Waals surface area contributed by atoms with Crippen molar-refractivity contribution < 1.29 is 0 Å². The van der Waals surface area contributed by atoms with Crippen LogP contribution in [0.3, 0.4) is 0 Å². The van der Waals surface area contributed by atoms with Crippen molar-refractivity contribution in [2.75, 3.05) is 0 Å². The third-order valence-electron chi connectivity index (χ3n) is 32.9. The Morgan fingerprint density at radius 3 is 0.756 bits per heavy atom. The van der Waals surface area contributed by atoms with E-state index in [1.54, 1.807) is 77.0 Å². The molecule has 0 radical (unpaired) electrons. The van der Waals surface area contributed by atoms with Gasteiger partial charge in [0.05, 0.1) is 0 Å². The Morgan fingerprint density at radius 1 is 0.256 bits per heavy atom. The van der Waals surface area contributed by atoms with Crippen LogP contribution in [-0.4, -0.2) is 46.1 Å². The fourth-order valence-electron chi connectivity index (χ4n) is 29.8. The van der Waals surface area contributed by atoms with E-state index >= 15 is 0 Å². The topological polar surface area (TPSA) is 6.48 Å². The van der Waals surface area contributed by atoms with Gasteiger partial charge in [-0.2, -0.15) is 0 Å². The standard InChI is InChI=1S/C88H148N2/c1-9-13-21-65-53-59(7)54-66(22-14-10-2)85(65)89(69-49-45-63(46-50-69)43-41-61-37-33-57(5)34-38-61)87-75-29-17-25-71-73-27-19-31-77-81(73)84-82-74(72-26-18-30-76(87)80(72)83(84)79(71)75)28-20-32-78(82)88(77)90(86-67(23-15-11-3)55-60(8)56-68(86)24-16-12-4)70-51-47-64(48-52-70)44-42-62-39-35-58(6)36-40-62/h41-44,57-88H,9-40,45-56H2,1-8H3/b43-41+,44-42+. The fourth-order valence-corrected chi connectivity index (χ4v) is 29.8. The summed E-state index contributed by atoms with van der Waals surface area (Å²) >= 11 is 0. The van der Waals surface area contributed by atoms with Crippen LogP contribution in [0, 0.1) is 154 Å². The first kappa shape index (κ1) is 66.6. The monoisotopic (exact) mass is 1230 g/mol. The number of nitrogens with zero attached hydrogens (tertiary/aromatic N) is 2. The maximum absolute atomic E-state index is 3.78. The van der Waals surface area contributed by atoms with Crippen molar-refractivity contribution in [3.63, 3.8) is 0 Å². The first-order valence-corrected chi connectivity index (χ1v) is 43.1. The lowest BCUT2D eigenvalue weighted by Crippen LogP contribution is -2.76. The molecule has 510 valence electrons. The van der Waals surface area contributed by atoms with E-state index in [2.05, 4.69) is 89.5 Å². The summed E-state index contributed by atoms with van der Waals surface area (Å²) in [4.78, 5) is 7.56. The maximum Gasteiger partial charge on any atom is 0.0164 e. The lowest BCUT2D eigenvalue weighted by molar-refractivity contribution is -0.290. The van der Waals surface area contributed by atoms with Crippen LogP contribution in [0.2, 0.25) is 0 Å². The molecule has 14 rings (SSSR count). The van der Waals surface area contributed by atoms with Crippen LogP contribution in [0.4, 0.5) is 0 Å². The van der Waals surface area contributed by atoms with Gasteiger partial charge in [0, 0.05) is 36.3 Å². The highest BCUT2D eigenvalue weighted by Gasteiger charge is 2.74. The van der Waals surface area contributed by atoms with Gasteiger partial charge < -0.3 is 0 Å². The van der Waals surface area contributed by atoms with E-state index in [0.717, 1.165) is 190 Å². The van der Waals surface area contributed by atoms with Crippen molar-refractivity contribution in [2.24, 2.45) is 154 Å². The highest BCUT2D eigenvalue weighted by molar-refractivity contribution is 5.23. The van der Waals surface area contributed by atoms with E-state index in [-0.39, 0.29) is 0 Å². The summed E-state index contributed by atoms with van der Waals surface area (Å²) in [5.41, 5.74) is 0. The van der Waals surface area contributed by atoms with Gasteiger partial charge in [0.25, 0.3) is 0 Å². The second-order valence-electron chi connectivity index (χ2n) is 38.1. The molecule has 14 aliphatic carbocycles. The van der Waals surface area contributed by atoms with E-state index in [9.17, 15) is 0 Å². The van der Waals surface area contributed by atoms with Crippen LogP contribution >= 0.6 is 0 Å². The maximum atomic E-state index is 3.78. The van der Waals surface area contributed by atoms with Gasteiger partial charge in [0.2, 0.25) is 0 Å². The number of hydrogen-bond acceptors (Lipinski definition) is 2. The number of unbranched alkanes of at least 4 members (excludes halogenated alkanes) is 4. The molecule has 0 spiro atoms. The Bertz CT molecular complexity index is 2000. The number of allylic oxidation sites excluding steroid dienone is 4. The Morgan fingerprint density at radius 2 is 0.500 bits per heavy atom. The molecule has 0 aromatic heterocycles. The van der Waals surface area contributed by atoms with Crippen LogP contribution in [-0.2, 0) is 0 Å². The largest absolute Gasteiger partial charge is 0.293 e. The van der Waals surface area contributed by atoms with Crippen molar-refractivity contribution in [3.8, 4) is 0 Å². The van der Waals surface area contributed by atoms with E-state index in [1.807, 2.05) is 0 Å². The molecule has 0 saturated heterocycles. The average Bonchev–Trinajstić information content (AvgIpc) is 0.668. The van der Waals surface area contributed by atoms with Gasteiger partial charge in [0.1, 0.15) is 0 Å². The molecule has 0 aliphatic heterocycles. The first-order valence-electron chi connectivity index (χ1n) is 43.1. The lowest BCUT2D eigenvalue weighted by atomic mass is 9.30. The summed E-state index contributed by atoms with van der Waals surface area (Å²) in [5, 5.41) is 0. The molecule has 16 atom stereocenters. The minimum Gasteiger partial charge on any atom is -0.293 e. The van der Waals surface area contributed by atoms with Gasteiger partial charge in [0.15, 0.2) is 0 Å². The van der Waals surface area contributed by atoms with Crippen LogP contribution in [0.1, 0.15) is 338 Å². The minimum absolute atomic E-state index is 0.836. The number of fused-ring (bicyclic) bond motifs is 2. The molecule has 90 heavy (non-hydrogen) atoms. The van der Waals surface area contributed by atoms with E-state index in [1.165, 1.54) is 205 Å². The second-order valence-corrected chi connectivity index (χ2v) is 38.1. The number of rotatable bonds is 22. The van der Waals surface area contributed by atoms with Crippen LogP contribution < -0.4 is 0 Å². The lowest BCUT2D eigenvalue weighted by Gasteiger charge is -2.77. The van der Waals surface area contributed by atoms with Crippen LogP contribution in [0.25, 0.3) is 0 Å². The van der Waals surface area contributed by atoms with Gasteiger partial charge >= 0.3 is 0 Å². The molecule has 0 heterocycles. The Balaban J connectivity index is 0.841. The predicted octanol–water partition coefficient (Wildman–Crippen LogP) is 24.4. The highest BCUT2D eigenvalue weighted by Crippen LogP contribution is 2.77. The van der Waals surface area contributed by atoms with Gasteiger partial charge in [-0.3, -0.25) is 9.80 Å². The van der Waals surface area contributed by atoms with Crippen molar-refractivity contribution >= 4 is 0 Å². The zero-order valence-electron chi connectivity index (χ0n) is 60.8. The molecule has 2 heteroatoms. The predicted molar refractivity (Wildman–Crippen MR) is 384 cm³/mol. The van der Waals surface area contributed by atoms with E-state index in [4.69, 9.17) is 0 Å². The number of hydrogen-bond donors (Lipinski definition) is 0. The summed E-state index contributed by atoms with van der Waals surface area (Å²) in [5.74, 6) is 25.3. The zero-order valence-corrected chi connectivity index (χ0v) is 60.8. The molecule has 0 aromatic rings. The Kier molecular flexibility index (Phi) is 22.4. The zero-order chi connectivity index (χ0) is 61.6. The summed E-state index contributed by atoms with van der Waals surface area (Å²) < 4.78 is 0. The molecule has 14 aliphatic rings. The minimum atomic E-state index is 0.836. The first-order chi connectivity index (χ1) is 44.1. The fraction of sp³-hybridized carbons (Fsp3) is 0.955. The SMILES string of the molecule is CCCCC1CC(C)CC(CCCC)C1N(C1CCC(/C=C/C2CCC(C)CC2)CC1)C1C2CCCC3C4CCCC5C4C4C6C(CCCC6C5N(C5CCC(/C=C/C6CCC(C)CC6)CC5)C5C(CCCC)CC(C)CC5CCCC)C5CCCC1C5C4C32. The quantitative estimate of drug-likeness (QED) is 0.0997. The molecular weight excluding hydrogens is 1080 g/mol. The van der Waals surface area contributed by atoms with Crippen LogP contribution in [0.15, 0.2) is 24.3 Å². The second kappa shape index (κ2) is 30.3. The van der Waals surface area contributed by atoms with Gasteiger partial charge in [-0.05, 0) is 334 Å². The summed E-state index contributed by atoms with van der Waals surface area (Å²) in [6.45, 7) is 20.7.